The predicted molar refractivity (Wildman–Crippen MR) is 102 cm³/mol. The Bertz CT molecular complexity index is 436. The van der Waals surface area contributed by atoms with Crippen LogP contribution in [0.15, 0.2) is 29.3 Å². The van der Waals surface area contributed by atoms with Gasteiger partial charge >= 0.3 is 0 Å². The predicted octanol–water partition coefficient (Wildman–Crippen LogP) is 2.78. The minimum Gasteiger partial charge on any atom is -0.493 e. The zero-order chi connectivity index (χ0) is 15.7. The van der Waals surface area contributed by atoms with Crippen molar-refractivity contribution in [2.75, 3.05) is 20.3 Å². The Morgan fingerprint density at radius 2 is 1.82 bits per heavy atom. The topological polar surface area (TPSA) is 68.9 Å². The fraction of sp³-hybridized carbons (Fsp3) is 0.562. The van der Waals surface area contributed by atoms with Crippen molar-refractivity contribution < 1.29 is 9.47 Å². The van der Waals surface area contributed by atoms with Crippen molar-refractivity contribution >= 4 is 29.9 Å². The fourth-order valence-corrected chi connectivity index (χ4v) is 1.72. The van der Waals surface area contributed by atoms with E-state index in [0.29, 0.717) is 25.0 Å². The highest BCUT2D eigenvalue weighted by Crippen LogP contribution is 2.13. The van der Waals surface area contributed by atoms with Crippen molar-refractivity contribution in [2.24, 2.45) is 16.6 Å². The maximum Gasteiger partial charge on any atom is 0.189 e. The Morgan fingerprint density at radius 1 is 1.18 bits per heavy atom. The zero-order valence-corrected chi connectivity index (χ0v) is 16.2. The van der Waals surface area contributed by atoms with Crippen LogP contribution in [-0.2, 0) is 11.3 Å². The summed E-state index contributed by atoms with van der Waals surface area (Å²) in [6.45, 7) is 8.12. The third-order valence-corrected chi connectivity index (χ3v) is 2.75. The highest BCUT2D eigenvalue weighted by atomic mass is 127. The molecule has 1 unspecified atom stereocenters. The Balaban J connectivity index is 0.00000441. The molecule has 0 heterocycles. The van der Waals surface area contributed by atoms with Gasteiger partial charge in [0.2, 0.25) is 0 Å². The number of halogens is 1. The normalized spacial score (nSPS) is 12.7. The number of rotatable bonds is 8. The molecule has 0 aromatic heterocycles. The highest BCUT2D eigenvalue weighted by molar-refractivity contribution is 14.0. The van der Waals surface area contributed by atoms with Gasteiger partial charge < -0.3 is 20.5 Å². The van der Waals surface area contributed by atoms with Crippen molar-refractivity contribution in [3.8, 4) is 5.75 Å². The van der Waals surface area contributed by atoms with E-state index in [4.69, 9.17) is 15.2 Å². The summed E-state index contributed by atoms with van der Waals surface area (Å²) in [6, 6.07) is 8.08. The van der Waals surface area contributed by atoms with Gasteiger partial charge in [0.05, 0.1) is 19.8 Å². The molecule has 1 aromatic carbocycles. The van der Waals surface area contributed by atoms with Crippen LogP contribution in [0.3, 0.4) is 0 Å². The van der Waals surface area contributed by atoms with E-state index in [1.807, 2.05) is 31.2 Å². The van der Waals surface area contributed by atoms with Gasteiger partial charge in [0.1, 0.15) is 5.75 Å². The van der Waals surface area contributed by atoms with Crippen molar-refractivity contribution in [3.63, 3.8) is 0 Å². The van der Waals surface area contributed by atoms with Gasteiger partial charge in [0.15, 0.2) is 5.96 Å². The first-order valence-electron chi connectivity index (χ1n) is 7.28. The van der Waals surface area contributed by atoms with Gasteiger partial charge in [-0.3, -0.25) is 0 Å². The van der Waals surface area contributed by atoms with Gasteiger partial charge in [0.25, 0.3) is 0 Å². The third kappa shape index (κ3) is 9.09. The van der Waals surface area contributed by atoms with Crippen LogP contribution < -0.4 is 15.8 Å². The number of methoxy groups -OCH3 is 1. The second-order valence-electron chi connectivity index (χ2n) is 5.55. The molecule has 0 radical (unpaired) electrons. The second kappa shape index (κ2) is 11.5. The van der Waals surface area contributed by atoms with Crippen molar-refractivity contribution in [1.82, 2.24) is 5.32 Å². The molecule has 1 rings (SSSR count). The molecule has 0 amide bonds. The average molecular weight is 421 g/mol. The lowest BCUT2D eigenvalue weighted by Crippen LogP contribution is -2.40. The molecule has 0 saturated heterocycles. The van der Waals surface area contributed by atoms with E-state index in [2.05, 4.69) is 24.2 Å². The number of guanidine groups is 1. The molecule has 0 spiro atoms. The molecule has 0 aliphatic rings. The molecule has 0 fully saturated rings. The van der Waals surface area contributed by atoms with Crippen LogP contribution in [0, 0.1) is 5.92 Å². The summed E-state index contributed by atoms with van der Waals surface area (Å²) in [5, 5.41) is 3.07. The molecular weight excluding hydrogens is 393 g/mol. The minimum atomic E-state index is 0. The molecule has 0 aliphatic carbocycles. The number of hydrogen-bond acceptors (Lipinski definition) is 3. The summed E-state index contributed by atoms with van der Waals surface area (Å²) in [5.41, 5.74) is 6.92. The van der Waals surface area contributed by atoms with Gasteiger partial charge in [-0.2, -0.15) is 0 Å². The standard InChI is InChI=1S/C16H27N3O2.HI/c1-12(2)10-21-15-7-5-14(6-8-15)9-18-16(17)19-13(3)11-20-4;/h5-8,12-13H,9-11H2,1-4H3,(H3,17,18,19);1H. The van der Waals surface area contributed by atoms with Gasteiger partial charge in [-0.1, -0.05) is 26.0 Å². The number of aliphatic imine (C=N–C) groups is 1. The second-order valence-corrected chi connectivity index (χ2v) is 5.55. The van der Waals surface area contributed by atoms with Crippen molar-refractivity contribution in [2.45, 2.75) is 33.4 Å². The molecule has 5 nitrogen and oxygen atoms in total. The largest absolute Gasteiger partial charge is 0.493 e. The van der Waals surface area contributed by atoms with E-state index in [1.54, 1.807) is 7.11 Å². The summed E-state index contributed by atoms with van der Waals surface area (Å²) in [4.78, 5) is 4.31. The molecule has 0 aliphatic heterocycles. The van der Waals surface area contributed by atoms with Crippen LogP contribution >= 0.6 is 24.0 Å². The molecule has 6 heteroatoms. The number of nitrogens with two attached hydrogens (primary N) is 1. The van der Waals surface area contributed by atoms with E-state index in [-0.39, 0.29) is 30.0 Å². The van der Waals surface area contributed by atoms with Crippen LogP contribution in [0.4, 0.5) is 0 Å². The number of nitrogens with one attached hydrogen (secondary N) is 1. The molecular formula is C16H28IN3O2. The quantitative estimate of drug-likeness (QED) is 0.385. The molecule has 22 heavy (non-hydrogen) atoms. The molecule has 0 bridgehead atoms. The first-order chi connectivity index (χ1) is 10.0. The number of hydrogen-bond donors (Lipinski definition) is 2. The summed E-state index contributed by atoms with van der Waals surface area (Å²) in [7, 11) is 1.66. The van der Waals surface area contributed by atoms with Crippen LogP contribution in [-0.4, -0.2) is 32.3 Å². The lowest BCUT2D eigenvalue weighted by Gasteiger charge is -2.13. The van der Waals surface area contributed by atoms with E-state index >= 15 is 0 Å². The van der Waals surface area contributed by atoms with Gasteiger partial charge in [0, 0.05) is 13.2 Å². The molecule has 0 saturated carbocycles. The Labute approximate surface area is 150 Å². The molecule has 1 atom stereocenters. The summed E-state index contributed by atoms with van der Waals surface area (Å²) >= 11 is 0. The summed E-state index contributed by atoms with van der Waals surface area (Å²) in [5.74, 6) is 1.84. The van der Waals surface area contributed by atoms with E-state index in [9.17, 15) is 0 Å². The van der Waals surface area contributed by atoms with E-state index in [1.165, 1.54) is 0 Å². The van der Waals surface area contributed by atoms with Crippen molar-refractivity contribution in [3.05, 3.63) is 29.8 Å². The zero-order valence-electron chi connectivity index (χ0n) is 13.8. The molecule has 126 valence electrons. The number of benzene rings is 1. The van der Waals surface area contributed by atoms with Gasteiger partial charge in [-0.15, -0.1) is 24.0 Å². The van der Waals surface area contributed by atoms with E-state index in [0.717, 1.165) is 17.9 Å². The minimum absolute atomic E-state index is 0. The van der Waals surface area contributed by atoms with Crippen LogP contribution in [0.2, 0.25) is 0 Å². The first kappa shape index (κ1) is 21.0. The maximum absolute atomic E-state index is 5.82. The first-order valence-corrected chi connectivity index (χ1v) is 7.28. The van der Waals surface area contributed by atoms with Crippen LogP contribution in [0.25, 0.3) is 0 Å². The molecule has 3 N–H and O–H groups in total. The lowest BCUT2D eigenvalue weighted by molar-refractivity contribution is 0.179. The third-order valence-electron chi connectivity index (χ3n) is 2.75. The smallest absolute Gasteiger partial charge is 0.189 e. The average Bonchev–Trinajstić information content (AvgIpc) is 2.44. The van der Waals surface area contributed by atoms with Gasteiger partial charge in [-0.25, -0.2) is 4.99 Å². The lowest BCUT2D eigenvalue weighted by atomic mass is 10.2. The Kier molecular flexibility index (Phi) is 11.0. The Hall–Kier alpha value is -1.02. The van der Waals surface area contributed by atoms with Crippen LogP contribution in [0.5, 0.6) is 5.75 Å². The number of nitrogens with zero attached hydrogens (tertiary/aromatic N) is 1. The summed E-state index contributed by atoms with van der Waals surface area (Å²) in [6.07, 6.45) is 0. The van der Waals surface area contributed by atoms with Gasteiger partial charge in [-0.05, 0) is 30.5 Å². The Morgan fingerprint density at radius 3 is 2.36 bits per heavy atom. The highest BCUT2D eigenvalue weighted by Gasteiger charge is 2.02. The fourth-order valence-electron chi connectivity index (χ4n) is 1.72. The monoisotopic (exact) mass is 421 g/mol. The maximum atomic E-state index is 5.82. The number of ether oxygens (including phenoxy) is 2. The van der Waals surface area contributed by atoms with E-state index < -0.39 is 0 Å². The SMILES string of the molecule is COCC(C)NC(N)=NCc1ccc(OCC(C)C)cc1.I. The summed E-state index contributed by atoms with van der Waals surface area (Å²) < 4.78 is 10.7. The van der Waals surface area contributed by atoms with Crippen molar-refractivity contribution in [1.29, 1.82) is 0 Å². The van der Waals surface area contributed by atoms with Crippen LogP contribution in [0.1, 0.15) is 26.3 Å². The molecule has 1 aromatic rings.